The molecule has 0 aliphatic rings. The van der Waals surface area contributed by atoms with Crippen LogP contribution in [0.5, 0.6) is 5.75 Å². The van der Waals surface area contributed by atoms with Crippen molar-refractivity contribution in [3.8, 4) is 5.75 Å². The van der Waals surface area contributed by atoms with E-state index in [9.17, 15) is 0 Å². The second-order valence-electron chi connectivity index (χ2n) is 4.63. The summed E-state index contributed by atoms with van der Waals surface area (Å²) < 4.78 is 5.77. The molecule has 0 spiro atoms. The first-order chi connectivity index (χ1) is 9.24. The van der Waals surface area contributed by atoms with E-state index in [0.717, 1.165) is 17.7 Å². The van der Waals surface area contributed by atoms with E-state index in [1.807, 2.05) is 30.3 Å². The number of benzene rings is 2. The Labute approximate surface area is 116 Å². The lowest BCUT2D eigenvalue weighted by atomic mass is 10.2. The smallest absolute Gasteiger partial charge is 0.118 e. The van der Waals surface area contributed by atoms with Crippen LogP contribution in [0.25, 0.3) is 6.08 Å². The maximum atomic E-state index is 5.77. The van der Waals surface area contributed by atoms with Crippen molar-refractivity contribution in [3.63, 3.8) is 0 Å². The number of nitrogens with two attached hydrogens (primary N) is 1. The van der Waals surface area contributed by atoms with Gasteiger partial charge < -0.3 is 10.5 Å². The van der Waals surface area contributed by atoms with Gasteiger partial charge in [0.2, 0.25) is 0 Å². The standard InChI is InChI=1S/C16H19NOSi/c1-19(12-11-14-5-3-2-4-6-14)13-18-16-9-7-15(17)8-10-16/h2-12,19H,13,17H2,1H3. The highest BCUT2D eigenvalue weighted by Gasteiger charge is 2.01. The van der Waals surface area contributed by atoms with Gasteiger partial charge >= 0.3 is 0 Å². The van der Waals surface area contributed by atoms with Crippen LogP contribution in [0.15, 0.2) is 60.3 Å². The maximum Gasteiger partial charge on any atom is 0.118 e. The van der Waals surface area contributed by atoms with Crippen LogP contribution in [-0.4, -0.2) is 15.0 Å². The molecule has 0 aromatic heterocycles. The highest BCUT2D eigenvalue weighted by molar-refractivity contribution is 6.63. The van der Waals surface area contributed by atoms with E-state index in [2.05, 4.69) is 42.6 Å². The summed E-state index contributed by atoms with van der Waals surface area (Å²) in [6.07, 6.45) is 2.98. The molecule has 0 heterocycles. The summed E-state index contributed by atoms with van der Waals surface area (Å²) in [4.78, 5) is 0. The Morgan fingerprint density at radius 1 is 1.05 bits per heavy atom. The Morgan fingerprint density at radius 3 is 2.42 bits per heavy atom. The van der Waals surface area contributed by atoms with Crippen LogP contribution in [-0.2, 0) is 0 Å². The van der Waals surface area contributed by atoms with Crippen LogP contribution < -0.4 is 10.5 Å². The fourth-order valence-electron chi connectivity index (χ4n) is 1.69. The van der Waals surface area contributed by atoms with Gasteiger partial charge in [0.25, 0.3) is 0 Å². The largest absolute Gasteiger partial charge is 0.497 e. The minimum Gasteiger partial charge on any atom is -0.497 e. The third-order valence-electron chi connectivity index (χ3n) is 2.81. The molecule has 2 aromatic rings. The SMILES string of the molecule is C[SiH](C=Cc1ccccc1)COc1ccc(N)cc1. The van der Waals surface area contributed by atoms with E-state index in [0.29, 0.717) is 0 Å². The fourth-order valence-corrected chi connectivity index (χ4v) is 2.80. The summed E-state index contributed by atoms with van der Waals surface area (Å²) in [5.74, 6) is 0.890. The molecule has 2 N–H and O–H groups in total. The van der Waals surface area contributed by atoms with Crippen LogP contribution in [0.3, 0.4) is 0 Å². The second-order valence-corrected chi connectivity index (χ2v) is 7.30. The summed E-state index contributed by atoms with van der Waals surface area (Å²) >= 11 is 0. The molecule has 0 saturated heterocycles. The molecule has 0 radical (unpaired) electrons. The van der Waals surface area contributed by atoms with Gasteiger partial charge in [0.1, 0.15) is 14.5 Å². The molecule has 0 fully saturated rings. The zero-order chi connectivity index (χ0) is 13.5. The number of nitrogen functional groups attached to an aromatic ring is 1. The highest BCUT2D eigenvalue weighted by atomic mass is 28.3. The van der Waals surface area contributed by atoms with Gasteiger partial charge in [0, 0.05) is 5.69 Å². The minimum absolute atomic E-state index is 0.765. The topological polar surface area (TPSA) is 35.2 Å². The molecule has 19 heavy (non-hydrogen) atoms. The van der Waals surface area contributed by atoms with Crippen LogP contribution in [0.1, 0.15) is 5.56 Å². The quantitative estimate of drug-likeness (QED) is 0.668. The molecule has 2 nitrogen and oxygen atoms in total. The third kappa shape index (κ3) is 4.64. The molecule has 0 saturated carbocycles. The molecule has 0 bridgehead atoms. The normalized spacial score (nSPS) is 12.5. The molecular formula is C16H19NOSi. The van der Waals surface area contributed by atoms with Crippen molar-refractivity contribution in [3.05, 3.63) is 65.9 Å². The predicted octanol–water partition coefficient (Wildman–Crippen LogP) is 3.30. The van der Waals surface area contributed by atoms with E-state index >= 15 is 0 Å². The highest BCUT2D eigenvalue weighted by Crippen LogP contribution is 2.13. The lowest BCUT2D eigenvalue weighted by Crippen LogP contribution is -2.16. The summed E-state index contributed by atoms with van der Waals surface area (Å²) in [6, 6.07) is 17.9. The predicted molar refractivity (Wildman–Crippen MR) is 84.8 cm³/mol. The molecular weight excluding hydrogens is 250 g/mol. The molecule has 0 aliphatic carbocycles. The molecule has 0 aliphatic heterocycles. The van der Waals surface area contributed by atoms with Crippen LogP contribution >= 0.6 is 0 Å². The molecule has 98 valence electrons. The van der Waals surface area contributed by atoms with Crippen molar-refractivity contribution in [2.24, 2.45) is 0 Å². The number of hydrogen-bond acceptors (Lipinski definition) is 2. The summed E-state index contributed by atoms with van der Waals surface area (Å²) in [6.45, 7) is 2.27. The first kappa shape index (κ1) is 13.4. The van der Waals surface area contributed by atoms with Crippen LogP contribution in [0.4, 0.5) is 5.69 Å². The number of rotatable bonds is 5. The van der Waals surface area contributed by atoms with Gasteiger partial charge in [-0.1, -0.05) is 48.7 Å². The van der Waals surface area contributed by atoms with E-state index in [1.54, 1.807) is 0 Å². The fraction of sp³-hybridized carbons (Fsp3) is 0.125. The molecule has 0 amide bonds. The zero-order valence-electron chi connectivity index (χ0n) is 11.1. The van der Waals surface area contributed by atoms with Gasteiger partial charge in [-0.15, -0.1) is 0 Å². The minimum atomic E-state index is -0.988. The third-order valence-corrected chi connectivity index (χ3v) is 4.35. The Hall–Kier alpha value is -2.00. The first-order valence-electron chi connectivity index (χ1n) is 6.45. The summed E-state index contributed by atoms with van der Waals surface area (Å²) in [5, 5.41) is 0. The van der Waals surface area contributed by atoms with Crippen molar-refractivity contribution in [1.82, 2.24) is 0 Å². The van der Waals surface area contributed by atoms with Crippen molar-refractivity contribution in [1.29, 1.82) is 0 Å². The van der Waals surface area contributed by atoms with E-state index in [4.69, 9.17) is 10.5 Å². The van der Waals surface area contributed by atoms with Crippen molar-refractivity contribution in [2.75, 3.05) is 12.0 Å². The molecule has 2 rings (SSSR count). The van der Waals surface area contributed by atoms with Gasteiger partial charge in [-0.3, -0.25) is 0 Å². The lowest BCUT2D eigenvalue weighted by molar-refractivity contribution is 0.382. The first-order valence-corrected chi connectivity index (χ1v) is 9.09. The molecule has 3 heteroatoms. The zero-order valence-corrected chi connectivity index (χ0v) is 12.3. The van der Waals surface area contributed by atoms with Gasteiger partial charge in [0.05, 0.1) is 6.23 Å². The summed E-state index contributed by atoms with van der Waals surface area (Å²) in [5.41, 5.74) is 9.95. The van der Waals surface area contributed by atoms with Crippen molar-refractivity contribution < 1.29 is 4.74 Å². The van der Waals surface area contributed by atoms with E-state index in [1.165, 1.54) is 5.56 Å². The molecule has 1 atom stereocenters. The Kier molecular flexibility index (Phi) is 4.81. The number of ether oxygens (including phenoxy) is 1. The van der Waals surface area contributed by atoms with Crippen LogP contribution in [0, 0.1) is 0 Å². The average molecular weight is 269 g/mol. The second kappa shape index (κ2) is 6.80. The molecule has 2 aromatic carbocycles. The Balaban J connectivity index is 1.83. The van der Waals surface area contributed by atoms with Gasteiger partial charge in [-0.05, 0) is 29.8 Å². The number of hydrogen-bond donors (Lipinski definition) is 1. The summed E-state index contributed by atoms with van der Waals surface area (Å²) in [7, 11) is -0.988. The Bertz CT molecular complexity index is 522. The lowest BCUT2D eigenvalue weighted by Gasteiger charge is -2.08. The van der Waals surface area contributed by atoms with E-state index < -0.39 is 8.80 Å². The Morgan fingerprint density at radius 2 is 1.74 bits per heavy atom. The maximum absolute atomic E-state index is 5.77. The van der Waals surface area contributed by atoms with E-state index in [-0.39, 0.29) is 0 Å². The van der Waals surface area contributed by atoms with Crippen molar-refractivity contribution in [2.45, 2.75) is 6.55 Å². The van der Waals surface area contributed by atoms with Gasteiger partial charge in [-0.25, -0.2) is 0 Å². The number of anilines is 1. The van der Waals surface area contributed by atoms with Crippen LogP contribution in [0.2, 0.25) is 6.55 Å². The average Bonchev–Trinajstić information content (AvgIpc) is 2.45. The monoisotopic (exact) mass is 269 g/mol. The van der Waals surface area contributed by atoms with Gasteiger partial charge in [-0.2, -0.15) is 0 Å². The van der Waals surface area contributed by atoms with Gasteiger partial charge in [0.15, 0.2) is 0 Å². The van der Waals surface area contributed by atoms with Crippen molar-refractivity contribution >= 4 is 20.6 Å². The molecule has 1 unspecified atom stereocenters.